The molecular weight excluding hydrogens is 150 g/mol. The Balaban J connectivity index is 4.07. The smallest absolute Gasteiger partial charge is 0.398 e. The van der Waals surface area contributed by atoms with E-state index in [4.69, 9.17) is 0 Å². The van der Waals surface area contributed by atoms with Crippen LogP contribution in [0.3, 0.4) is 0 Å². The molecular formula is C6H5NO4. The number of carbonyl (C=O) groups excluding carboxylic acids is 3. The molecule has 0 aliphatic carbocycles. The summed E-state index contributed by atoms with van der Waals surface area (Å²) in [6.07, 6.45) is 1.73. The Hall–Kier alpha value is -1.74. The lowest BCUT2D eigenvalue weighted by Crippen LogP contribution is -2.12. The van der Waals surface area contributed by atoms with E-state index in [1.165, 1.54) is 5.94 Å². The number of carbonyl (C=O) groups is 2. The van der Waals surface area contributed by atoms with Gasteiger partial charge in [0.15, 0.2) is 0 Å². The Kier molecular flexibility index (Phi) is 4.27. The maximum Gasteiger partial charge on any atom is 0.398 e. The first kappa shape index (κ1) is 9.26. The Morgan fingerprint density at radius 3 is 2.64 bits per heavy atom. The number of hydrogen-bond acceptors (Lipinski definition) is 4. The van der Waals surface area contributed by atoms with Crippen LogP contribution >= 0.6 is 0 Å². The third-order valence-electron chi connectivity index (χ3n) is 0.694. The summed E-state index contributed by atoms with van der Waals surface area (Å²) in [6.45, 7) is 0. The molecule has 0 N–H and O–H groups in total. The van der Waals surface area contributed by atoms with E-state index >= 15 is 0 Å². The van der Waals surface area contributed by atoms with E-state index in [2.05, 4.69) is 9.73 Å². The van der Waals surface area contributed by atoms with Gasteiger partial charge in [-0.15, -0.1) is 0 Å². The summed E-state index contributed by atoms with van der Waals surface area (Å²) in [5.74, 6) is -0.774. The normalized spacial score (nSPS) is 8.82. The highest BCUT2D eigenvalue weighted by molar-refractivity contribution is 6.34. The molecule has 0 radical (unpaired) electrons. The van der Waals surface area contributed by atoms with E-state index in [0.717, 1.165) is 19.4 Å². The Bertz CT molecular complexity index is 237. The molecule has 0 aliphatic rings. The summed E-state index contributed by atoms with van der Waals surface area (Å²) in [5, 5.41) is 0. The van der Waals surface area contributed by atoms with Gasteiger partial charge in [-0.2, -0.15) is 0 Å². The predicted molar refractivity (Wildman–Crippen MR) is 35.8 cm³/mol. The summed E-state index contributed by atoms with van der Waals surface area (Å²) in [5.41, 5.74) is 0. The fraction of sp³-hybridized carbons (Fsp3) is 0.167. The number of allylic oxidation sites excluding steroid dienone is 1. The largest absolute Gasteiger partial charge is 0.462 e. The zero-order valence-corrected chi connectivity index (χ0v) is 5.73. The monoisotopic (exact) mass is 155 g/mol. The third-order valence-corrected chi connectivity index (χ3v) is 0.694. The van der Waals surface area contributed by atoms with Gasteiger partial charge in [0.2, 0.25) is 0 Å². The maximum absolute atomic E-state index is 10.4. The van der Waals surface area contributed by atoms with Gasteiger partial charge in [0.1, 0.15) is 5.94 Å². The van der Waals surface area contributed by atoms with E-state index in [9.17, 15) is 14.4 Å². The zero-order chi connectivity index (χ0) is 8.69. The van der Waals surface area contributed by atoms with Crippen molar-refractivity contribution in [1.82, 2.24) is 0 Å². The second kappa shape index (κ2) is 5.08. The molecule has 0 spiro atoms. The van der Waals surface area contributed by atoms with Gasteiger partial charge in [-0.05, 0) is 0 Å². The number of hydrogen-bond donors (Lipinski definition) is 0. The predicted octanol–water partition coefficient (Wildman–Crippen LogP) is -0.855. The summed E-state index contributed by atoms with van der Waals surface area (Å²) in [4.78, 5) is 33.3. The maximum atomic E-state index is 10.4. The minimum absolute atomic E-state index is 0.862. The van der Waals surface area contributed by atoms with E-state index < -0.39 is 11.9 Å². The molecule has 0 aromatic rings. The Morgan fingerprint density at radius 2 is 2.18 bits per heavy atom. The SMILES string of the molecule is COC(=O)C(=O)N=CC=C=O. The van der Waals surface area contributed by atoms with Gasteiger partial charge in [-0.3, -0.25) is 4.79 Å². The van der Waals surface area contributed by atoms with Crippen LogP contribution in [0.15, 0.2) is 11.1 Å². The highest BCUT2D eigenvalue weighted by Gasteiger charge is 2.09. The minimum atomic E-state index is -1.07. The number of ether oxygens (including phenoxy) is 1. The van der Waals surface area contributed by atoms with Crippen LogP contribution in [0.25, 0.3) is 0 Å². The molecule has 0 aromatic heterocycles. The van der Waals surface area contributed by atoms with Crippen LogP contribution in [0.5, 0.6) is 0 Å². The number of nitrogens with zero attached hydrogens (tertiary/aromatic N) is 1. The van der Waals surface area contributed by atoms with Gasteiger partial charge in [-0.25, -0.2) is 14.6 Å². The standard InChI is InChI=1S/C6H5NO4/c1-11-6(10)5(9)7-3-2-4-8/h2-3H,1H3. The molecule has 0 unspecified atom stereocenters. The van der Waals surface area contributed by atoms with Crippen LogP contribution in [0, 0.1) is 0 Å². The number of methoxy groups -OCH3 is 1. The fourth-order valence-electron chi connectivity index (χ4n) is 0.275. The second-order valence-electron chi connectivity index (χ2n) is 1.36. The van der Waals surface area contributed by atoms with Gasteiger partial charge >= 0.3 is 11.9 Å². The van der Waals surface area contributed by atoms with Crippen LogP contribution in [-0.2, 0) is 19.1 Å². The molecule has 0 bridgehead atoms. The van der Waals surface area contributed by atoms with E-state index in [1.54, 1.807) is 0 Å². The van der Waals surface area contributed by atoms with Crippen molar-refractivity contribution in [3.8, 4) is 0 Å². The third kappa shape index (κ3) is 3.77. The molecule has 5 heteroatoms. The van der Waals surface area contributed by atoms with Crippen molar-refractivity contribution in [2.75, 3.05) is 7.11 Å². The molecule has 0 aliphatic heterocycles. The first-order valence-corrected chi connectivity index (χ1v) is 2.58. The average Bonchev–Trinajstić information content (AvgIpc) is 2.03. The van der Waals surface area contributed by atoms with Crippen LogP contribution < -0.4 is 0 Å². The summed E-state index contributed by atoms with van der Waals surface area (Å²) >= 11 is 0. The first-order valence-electron chi connectivity index (χ1n) is 2.58. The van der Waals surface area contributed by atoms with Crippen molar-refractivity contribution in [3.05, 3.63) is 6.08 Å². The van der Waals surface area contributed by atoms with Gasteiger partial charge < -0.3 is 4.74 Å². The molecule has 11 heavy (non-hydrogen) atoms. The van der Waals surface area contributed by atoms with Crippen molar-refractivity contribution in [2.45, 2.75) is 0 Å². The van der Waals surface area contributed by atoms with E-state index in [1.807, 2.05) is 0 Å². The van der Waals surface area contributed by atoms with Gasteiger partial charge in [0, 0.05) is 12.3 Å². The van der Waals surface area contributed by atoms with Gasteiger partial charge in [0.25, 0.3) is 0 Å². The van der Waals surface area contributed by atoms with Crippen LogP contribution in [0.2, 0.25) is 0 Å². The Labute approximate surface area is 62.4 Å². The zero-order valence-electron chi connectivity index (χ0n) is 5.73. The molecule has 58 valence electrons. The summed E-state index contributed by atoms with van der Waals surface area (Å²) in [6, 6.07) is 0. The topological polar surface area (TPSA) is 72.8 Å². The van der Waals surface area contributed by atoms with Crippen molar-refractivity contribution >= 4 is 24.0 Å². The molecule has 0 rings (SSSR count). The first-order chi connectivity index (χ1) is 5.22. The van der Waals surface area contributed by atoms with Crippen molar-refractivity contribution in [1.29, 1.82) is 0 Å². The van der Waals surface area contributed by atoms with Gasteiger partial charge in [-0.1, -0.05) is 0 Å². The second-order valence-corrected chi connectivity index (χ2v) is 1.36. The fourth-order valence-corrected chi connectivity index (χ4v) is 0.275. The van der Waals surface area contributed by atoms with Crippen molar-refractivity contribution < 1.29 is 19.1 Å². The van der Waals surface area contributed by atoms with E-state index in [0.29, 0.717) is 0 Å². The summed E-state index contributed by atoms with van der Waals surface area (Å²) in [7, 11) is 1.06. The van der Waals surface area contributed by atoms with Gasteiger partial charge in [0.05, 0.1) is 7.11 Å². The lowest BCUT2D eigenvalue weighted by atomic mass is 10.6. The number of amides is 1. The summed E-state index contributed by atoms with van der Waals surface area (Å²) < 4.78 is 4.03. The van der Waals surface area contributed by atoms with E-state index in [-0.39, 0.29) is 0 Å². The minimum Gasteiger partial charge on any atom is -0.462 e. The highest BCUT2D eigenvalue weighted by atomic mass is 16.5. The number of esters is 1. The lowest BCUT2D eigenvalue weighted by Gasteiger charge is -1.88. The molecule has 0 saturated carbocycles. The molecule has 1 amide bonds. The number of aliphatic imine (C=N–C) groups is 1. The van der Waals surface area contributed by atoms with Crippen LogP contribution in [0.4, 0.5) is 0 Å². The van der Waals surface area contributed by atoms with Crippen LogP contribution in [0.1, 0.15) is 0 Å². The quantitative estimate of drug-likeness (QED) is 0.214. The molecule has 5 nitrogen and oxygen atoms in total. The lowest BCUT2D eigenvalue weighted by molar-refractivity contribution is -0.151. The highest BCUT2D eigenvalue weighted by Crippen LogP contribution is 1.78. The molecule has 0 heterocycles. The number of rotatable bonds is 1. The molecule has 0 aromatic carbocycles. The molecule has 0 saturated heterocycles. The van der Waals surface area contributed by atoms with Crippen molar-refractivity contribution in [2.24, 2.45) is 4.99 Å². The van der Waals surface area contributed by atoms with Crippen molar-refractivity contribution in [3.63, 3.8) is 0 Å². The molecule has 0 atom stereocenters. The average molecular weight is 155 g/mol. The van der Waals surface area contributed by atoms with Crippen LogP contribution in [-0.4, -0.2) is 31.1 Å². The molecule has 0 fully saturated rings. The Morgan fingerprint density at radius 1 is 1.55 bits per heavy atom.